The van der Waals surface area contributed by atoms with Gasteiger partial charge >= 0.3 is 11.9 Å². The number of carbonyl (C=O) groups is 2. The molecular weight excluding hydrogens is 182 g/mol. The fourth-order valence-electron chi connectivity index (χ4n) is 1.16. The van der Waals surface area contributed by atoms with Crippen LogP contribution in [0.5, 0.6) is 0 Å². The van der Waals surface area contributed by atoms with Crippen molar-refractivity contribution in [1.29, 1.82) is 0 Å². The van der Waals surface area contributed by atoms with Crippen LogP contribution in [0.3, 0.4) is 0 Å². The molecule has 82 valence electrons. The molecule has 0 aromatic heterocycles. The number of hydrogen-bond donors (Lipinski definition) is 1. The van der Waals surface area contributed by atoms with Crippen molar-refractivity contribution < 1.29 is 14.3 Å². The second-order valence-electron chi connectivity index (χ2n) is 3.45. The predicted molar refractivity (Wildman–Crippen MR) is 53.7 cm³/mol. The molecule has 0 aliphatic carbocycles. The average Bonchev–Trinajstić information content (AvgIpc) is 2.13. The maximum Gasteiger partial charge on any atom is 0.396 e. The molecule has 1 amide bonds. The Morgan fingerprint density at radius 2 is 1.86 bits per heavy atom. The van der Waals surface area contributed by atoms with E-state index >= 15 is 0 Å². The number of rotatable bonds is 4. The summed E-state index contributed by atoms with van der Waals surface area (Å²) in [5, 5.41) is 2.64. The summed E-state index contributed by atoms with van der Waals surface area (Å²) in [6.07, 6.45) is 0.808. The number of carbonyl (C=O) groups excluding carboxylic acids is 2. The molecule has 1 N–H and O–H groups in total. The quantitative estimate of drug-likeness (QED) is 0.547. The highest BCUT2D eigenvalue weighted by Gasteiger charge is 2.20. The third kappa shape index (κ3) is 4.25. The summed E-state index contributed by atoms with van der Waals surface area (Å²) in [6.45, 7) is 7.87. The lowest BCUT2D eigenvalue weighted by Gasteiger charge is -2.19. The van der Waals surface area contributed by atoms with Crippen molar-refractivity contribution in [3.63, 3.8) is 0 Å². The van der Waals surface area contributed by atoms with Gasteiger partial charge in [0.15, 0.2) is 0 Å². The van der Waals surface area contributed by atoms with Crippen LogP contribution in [0.25, 0.3) is 0 Å². The highest BCUT2D eigenvalue weighted by molar-refractivity contribution is 6.32. The first-order valence-corrected chi connectivity index (χ1v) is 5.00. The molecule has 0 saturated carbocycles. The van der Waals surface area contributed by atoms with Crippen LogP contribution < -0.4 is 5.32 Å². The highest BCUT2D eigenvalue weighted by Crippen LogP contribution is 2.04. The van der Waals surface area contributed by atoms with Gasteiger partial charge in [-0.25, -0.2) is 4.79 Å². The Morgan fingerprint density at radius 1 is 1.29 bits per heavy atom. The Morgan fingerprint density at radius 3 is 2.21 bits per heavy atom. The van der Waals surface area contributed by atoms with Crippen molar-refractivity contribution in [2.24, 2.45) is 5.92 Å². The Bertz CT molecular complexity index is 202. The SMILES string of the molecule is CCOC(=O)C(=O)NC(CC)C(C)C. The molecule has 0 radical (unpaired) electrons. The van der Waals surface area contributed by atoms with E-state index in [1.165, 1.54) is 0 Å². The summed E-state index contributed by atoms with van der Waals surface area (Å²) in [7, 11) is 0. The lowest BCUT2D eigenvalue weighted by molar-refractivity contribution is -0.155. The molecule has 14 heavy (non-hydrogen) atoms. The Kier molecular flexibility index (Phi) is 5.92. The van der Waals surface area contributed by atoms with Crippen molar-refractivity contribution >= 4 is 11.9 Å². The van der Waals surface area contributed by atoms with Crippen molar-refractivity contribution in [3.8, 4) is 0 Å². The zero-order valence-electron chi connectivity index (χ0n) is 9.29. The van der Waals surface area contributed by atoms with Gasteiger partial charge in [0.25, 0.3) is 0 Å². The van der Waals surface area contributed by atoms with E-state index in [0.717, 1.165) is 6.42 Å². The first kappa shape index (κ1) is 12.9. The minimum atomic E-state index is -0.799. The molecule has 0 aliphatic rings. The fourth-order valence-corrected chi connectivity index (χ4v) is 1.16. The van der Waals surface area contributed by atoms with Crippen molar-refractivity contribution in [1.82, 2.24) is 5.32 Å². The normalized spacial score (nSPS) is 12.4. The first-order valence-electron chi connectivity index (χ1n) is 5.00. The molecule has 0 fully saturated rings. The third-order valence-corrected chi connectivity index (χ3v) is 2.02. The van der Waals surface area contributed by atoms with Crippen LogP contribution in [0.1, 0.15) is 34.1 Å². The smallest absolute Gasteiger partial charge is 0.396 e. The van der Waals surface area contributed by atoms with Crippen LogP contribution in [0.15, 0.2) is 0 Å². The van der Waals surface area contributed by atoms with Crippen LogP contribution in [0.2, 0.25) is 0 Å². The molecule has 0 aromatic rings. The molecular formula is C10H19NO3. The van der Waals surface area contributed by atoms with Crippen LogP contribution in [-0.4, -0.2) is 24.5 Å². The van der Waals surface area contributed by atoms with Gasteiger partial charge in [-0.05, 0) is 19.3 Å². The van der Waals surface area contributed by atoms with Gasteiger partial charge in [0, 0.05) is 6.04 Å². The van der Waals surface area contributed by atoms with Crippen LogP contribution >= 0.6 is 0 Å². The highest BCUT2D eigenvalue weighted by atomic mass is 16.5. The van der Waals surface area contributed by atoms with E-state index in [2.05, 4.69) is 10.1 Å². The summed E-state index contributed by atoms with van der Waals surface area (Å²) >= 11 is 0. The summed E-state index contributed by atoms with van der Waals surface area (Å²) in [4.78, 5) is 22.2. The number of amides is 1. The van der Waals surface area contributed by atoms with Gasteiger partial charge in [-0.15, -0.1) is 0 Å². The second kappa shape index (κ2) is 6.40. The zero-order chi connectivity index (χ0) is 11.1. The third-order valence-electron chi connectivity index (χ3n) is 2.02. The molecule has 0 heterocycles. The van der Waals surface area contributed by atoms with Gasteiger partial charge in [-0.1, -0.05) is 20.8 Å². The molecule has 0 rings (SSSR count). The maximum absolute atomic E-state index is 11.2. The molecule has 4 heteroatoms. The summed E-state index contributed by atoms with van der Waals surface area (Å²) < 4.78 is 4.58. The largest absolute Gasteiger partial charge is 0.459 e. The first-order chi connectivity index (χ1) is 6.52. The monoisotopic (exact) mass is 201 g/mol. The number of nitrogens with one attached hydrogen (secondary N) is 1. The van der Waals surface area contributed by atoms with E-state index in [9.17, 15) is 9.59 Å². The van der Waals surface area contributed by atoms with Gasteiger partial charge in [-0.3, -0.25) is 4.79 Å². The minimum absolute atomic E-state index is 0.0342. The number of ether oxygens (including phenoxy) is 1. The number of hydrogen-bond acceptors (Lipinski definition) is 3. The van der Waals surface area contributed by atoms with E-state index in [4.69, 9.17) is 0 Å². The molecule has 0 spiro atoms. The molecule has 1 atom stereocenters. The topological polar surface area (TPSA) is 55.4 Å². The molecule has 0 saturated heterocycles. The Balaban J connectivity index is 4.08. The van der Waals surface area contributed by atoms with E-state index in [1.54, 1.807) is 6.92 Å². The standard InChI is InChI=1S/C10H19NO3/c1-5-8(7(3)4)11-9(12)10(13)14-6-2/h7-8H,5-6H2,1-4H3,(H,11,12). The van der Waals surface area contributed by atoms with Crippen LogP contribution in [-0.2, 0) is 14.3 Å². The van der Waals surface area contributed by atoms with E-state index in [0.29, 0.717) is 5.92 Å². The van der Waals surface area contributed by atoms with Crippen LogP contribution in [0, 0.1) is 5.92 Å². The van der Waals surface area contributed by atoms with E-state index < -0.39 is 11.9 Å². The summed E-state index contributed by atoms with van der Waals surface area (Å²) in [5.74, 6) is -1.13. The lowest BCUT2D eigenvalue weighted by atomic mass is 10.0. The maximum atomic E-state index is 11.2. The second-order valence-corrected chi connectivity index (χ2v) is 3.45. The van der Waals surface area contributed by atoms with Gasteiger partial charge in [-0.2, -0.15) is 0 Å². The summed E-state index contributed by atoms with van der Waals surface area (Å²) in [5.41, 5.74) is 0. The molecule has 0 aromatic carbocycles. The van der Waals surface area contributed by atoms with Crippen molar-refractivity contribution in [3.05, 3.63) is 0 Å². The lowest BCUT2D eigenvalue weighted by Crippen LogP contribution is -2.42. The van der Waals surface area contributed by atoms with Crippen molar-refractivity contribution in [2.75, 3.05) is 6.61 Å². The summed E-state index contributed by atoms with van der Waals surface area (Å²) in [6, 6.07) is 0.0342. The molecule has 0 aliphatic heterocycles. The molecule has 1 unspecified atom stereocenters. The number of esters is 1. The van der Waals surface area contributed by atoms with Gasteiger partial charge in [0.2, 0.25) is 0 Å². The zero-order valence-corrected chi connectivity index (χ0v) is 9.29. The minimum Gasteiger partial charge on any atom is -0.459 e. The van der Waals surface area contributed by atoms with Gasteiger partial charge < -0.3 is 10.1 Å². The molecule has 4 nitrogen and oxygen atoms in total. The fraction of sp³-hybridized carbons (Fsp3) is 0.800. The van der Waals surface area contributed by atoms with Crippen LogP contribution in [0.4, 0.5) is 0 Å². The van der Waals surface area contributed by atoms with Crippen molar-refractivity contribution in [2.45, 2.75) is 40.2 Å². The Labute approximate surface area is 85.0 Å². The molecule has 0 bridgehead atoms. The van der Waals surface area contributed by atoms with Gasteiger partial charge in [0.1, 0.15) is 0 Å². The van der Waals surface area contributed by atoms with E-state index in [1.807, 2.05) is 20.8 Å². The average molecular weight is 201 g/mol. The predicted octanol–water partition coefficient (Wildman–Crippen LogP) is 1.10. The van der Waals surface area contributed by atoms with E-state index in [-0.39, 0.29) is 12.6 Å². The Hall–Kier alpha value is -1.06. The van der Waals surface area contributed by atoms with Gasteiger partial charge in [0.05, 0.1) is 6.61 Å².